The Morgan fingerprint density at radius 2 is 2.04 bits per heavy atom. The summed E-state index contributed by atoms with van der Waals surface area (Å²) >= 11 is 0. The fourth-order valence-corrected chi connectivity index (χ4v) is 4.61. The third-order valence-electron chi connectivity index (χ3n) is 5.13. The number of rotatable bonds is 3. The highest BCUT2D eigenvalue weighted by Crippen LogP contribution is 2.42. The summed E-state index contributed by atoms with van der Waals surface area (Å²) in [5.74, 6) is 0.478. The van der Waals surface area contributed by atoms with E-state index in [4.69, 9.17) is 0 Å². The lowest BCUT2D eigenvalue weighted by Crippen LogP contribution is -2.52. The monoisotopic (exact) mass is 354 g/mol. The Morgan fingerprint density at radius 1 is 1.38 bits per heavy atom. The van der Waals surface area contributed by atoms with Crippen molar-refractivity contribution >= 4 is 15.9 Å². The molecule has 3 rings (SSSR count). The van der Waals surface area contributed by atoms with Crippen molar-refractivity contribution in [3.8, 4) is 0 Å². The zero-order chi connectivity index (χ0) is 17.5. The van der Waals surface area contributed by atoms with Gasteiger partial charge in [0.15, 0.2) is 0 Å². The predicted octanol–water partition coefficient (Wildman–Crippen LogP) is -0.499. The number of likely N-dealkylation sites (tertiary alicyclic amines) is 1. The van der Waals surface area contributed by atoms with Gasteiger partial charge in [-0.05, 0) is 19.3 Å². The van der Waals surface area contributed by atoms with Crippen LogP contribution >= 0.6 is 0 Å². The average Bonchev–Trinajstić information content (AvgIpc) is 2.94. The molecule has 0 saturated carbocycles. The summed E-state index contributed by atoms with van der Waals surface area (Å²) in [4.78, 5) is 22.4. The molecule has 2 atom stereocenters. The first-order valence-electron chi connectivity index (χ1n) is 7.89. The van der Waals surface area contributed by atoms with Crippen LogP contribution in [0, 0.1) is 18.3 Å². The number of hydrogen-bond acceptors (Lipinski definition) is 6. The fourth-order valence-electron chi connectivity index (χ4n) is 3.67. The van der Waals surface area contributed by atoms with E-state index in [-0.39, 0.29) is 25.0 Å². The maximum absolute atomic E-state index is 12.7. The van der Waals surface area contributed by atoms with E-state index in [0.29, 0.717) is 37.4 Å². The van der Waals surface area contributed by atoms with Crippen LogP contribution in [0.4, 0.5) is 0 Å². The number of carbonyl (C=O) groups excluding carboxylic acids is 1. The second kappa shape index (κ2) is 6.05. The highest BCUT2D eigenvalue weighted by molar-refractivity contribution is 7.88. The maximum atomic E-state index is 12.7. The molecule has 0 aliphatic carbocycles. The van der Waals surface area contributed by atoms with Crippen molar-refractivity contribution in [1.29, 1.82) is 0 Å². The third-order valence-corrected chi connectivity index (χ3v) is 6.35. The lowest BCUT2D eigenvalue weighted by Gasteiger charge is -2.43. The summed E-state index contributed by atoms with van der Waals surface area (Å²) in [6.07, 6.45) is 4.85. The van der Waals surface area contributed by atoms with Crippen LogP contribution in [0.25, 0.3) is 0 Å². The van der Waals surface area contributed by atoms with E-state index in [9.17, 15) is 18.3 Å². The number of amides is 1. The van der Waals surface area contributed by atoms with E-state index in [1.165, 1.54) is 23.0 Å². The average molecular weight is 354 g/mol. The van der Waals surface area contributed by atoms with Gasteiger partial charge in [0.05, 0.1) is 18.4 Å². The predicted molar refractivity (Wildman–Crippen MR) is 86.7 cm³/mol. The summed E-state index contributed by atoms with van der Waals surface area (Å²) < 4.78 is 25.1. The Bertz CT molecular complexity index is 736. The quantitative estimate of drug-likeness (QED) is 0.785. The normalized spacial score (nSPS) is 28.0. The van der Waals surface area contributed by atoms with Crippen LogP contribution in [0.15, 0.2) is 12.4 Å². The minimum absolute atomic E-state index is 0.0653. The molecule has 3 heterocycles. The molecule has 2 aliphatic heterocycles. The molecule has 9 heteroatoms. The lowest BCUT2D eigenvalue weighted by atomic mass is 9.74. The maximum Gasteiger partial charge on any atom is 0.257 e. The highest BCUT2D eigenvalue weighted by Gasteiger charge is 2.52. The smallest absolute Gasteiger partial charge is 0.257 e. The largest absolute Gasteiger partial charge is 0.396 e. The molecule has 1 N–H and O–H groups in total. The Kier molecular flexibility index (Phi) is 4.35. The van der Waals surface area contributed by atoms with Crippen molar-refractivity contribution in [3.05, 3.63) is 23.8 Å². The Morgan fingerprint density at radius 3 is 2.62 bits per heavy atom. The fraction of sp³-hybridized carbons (Fsp3) is 0.667. The Balaban J connectivity index is 1.81. The van der Waals surface area contributed by atoms with Gasteiger partial charge in [0.2, 0.25) is 10.0 Å². The van der Waals surface area contributed by atoms with Crippen LogP contribution in [-0.4, -0.2) is 77.6 Å². The number of fused-ring (bicyclic) bond motifs is 1. The first kappa shape index (κ1) is 17.2. The van der Waals surface area contributed by atoms with Crippen molar-refractivity contribution in [3.63, 3.8) is 0 Å². The van der Waals surface area contributed by atoms with Crippen molar-refractivity contribution in [2.24, 2.45) is 11.3 Å². The minimum Gasteiger partial charge on any atom is -0.396 e. The number of piperidine rings is 1. The highest BCUT2D eigenvalue weighted by atomic mass is 32.2. The number of hydrogen-bond donors (Lipinski definition) is 1. The second-order valence-electron chi connectivity index (χ2n) is 6.81. The number of nitrogens with zero attached hydrogens (tertiary/aromatic N) is 4. The standard InChI is InChI=1S/C15H22N4O4S/c1-11-16-5-12(6-17-11)14(21)18-4-3-13-7-19(24(2,22)23)9-15(13,8-18)10-20/h5-6,13,20H,3-4,7-10H2,1-2H3. The van der Waals surface area contributed by atoms with Gasteiger partial charge in [-0.15, -0.1) is 0 Å². The summed E-state index contributed by atoms with van der Waals surface area (Å²) in [7, 11) is -3.30. The van der Waals surface area contributed by atoms with Gasteiger partial charge in [0.25, 0.3) is 5.91 Å². The lowest BCUT2D eigenvalue weighted by molar-refractivity contribution is 0.0129. The van der Waals surface area contributed by atoms with Gasteiger partial charge in [-0.2, -0.15) is 0 Å². The molecule has 0 aromatic carbocycles. The number of aliphatic hydroxyl groups excluding tert-OH is 1. The number of carbonyl (C=O) groups is 1. The molecule has 132 valence electrons. The molecule has 0 bridgehead atoms. The van der Waals surface area contributed by atoms with Gasteiger partial charge in [-0.3, -0.25) is 4.79 Å². The zero-order valence-corrected chi connectivity index (χ0v) is 14.7. The van der Waals surface area contributed by atoms with Crippen molar-refractivity contribution < 1.29 is 18.3 Å². The molecule has 2 fully saturated rings. The van der Waals surface area contributed by atoms with Crippen molar-refractivity contribution in [2.45, 2.75) is 13.3 Å². The molecule has 8 nitrogen and oxygen atoms in total. The van der Waals surface area contributed by atoms with E-state index < -0.39 is 15.4 Å². The molecule has 2 aliphatic rings. The summed E-state index contributed by atoms with van der Waals surface area (Å²) in [6, 6.07) is 0. The van der Waals surface area contributed by atoms with Crippen LogP contribution in [0.1, 0.15) is 22.6 Å². The van der Waals surface area contributed by atoms with E-state index in [0.717, 1.165) is 0 Å². The molecular weight excluding hydrogens is 332 g/mol. The van der Waals surface area contributed by atoms with Gasteiger partial charge < -0.3 is 10.0 Å². The van der Waals surface area contributed by atoms with Crippen LogP contribution in [0.5, 0.6) is 0 Å². The summed E-state index contributed by atoms with van der Waals surface area (Å²) in [5.41, 5.74) is -0.187. The molecule has 2 unspecified atom stereocenters. The van der Waals surface area contributed by atoms with Gasteiger partial charge in [-0.25, -0.2) is 22.7 Å². The summed E-state index contributed by atoms with van der Waals surface area (Å²) in [5, 5.41) is 9.96. The van der Waals surface area contributed by atoms with Gasteiger partial charge in [-0.1, -0.05) is 0 Å². The zero-order valence-electron chi connectivity index (χ0n) is 13.8. The second-order valence-corrected chi connectivity index (χ2v) is 8.79. The van der Waals surface area contributed by atoms with Crippen LogP contribution in [0.3, 0.4) is 0 Å². The van der Waals surface area contributed by atoms with E-state index in [1.807, 2.05) is 0 Å². The number of aromatic nitrogens is 2. The molecule has 1 aromatic heterocycles. The Hall–Kier alpha value is -1.58. The van der Waals surface area contributed by atoms with Crippen LogP contribution < -0.4 is 0 Å². The Labute approximate surface area is 141 Å². The first-order valence-corrected chi connectivity index (χ1v) is 9.74. The van der Waals surface area contributed by atoms with E-state index >= 15 is 0 Å². The topological polar surface area (TPSA) is 104 Å². The molecule has 1 amide bonds. The van der Waals surface area contributed by atoms with Gasteiger partial charge >= 0.3 is 0 Å². The van der Waals surface area contributed by atoms with E-state index in [1.54, 1.807) is 11.8 Å². The molecule has 0 radical (unpaired) electrons. The molecule has 0 spiro atoms. The first-order chi connectivity index (χ1) is 11.2. The van der Waals surface area contributed by atoms with Gasteiger partial charge in [0, 0.05) is 44.0 Å². The van der Waals surface area contributed by atoms with Crippen molar-refractivity contribution in [2.75, 3.05) is 39.0 Å². The number of aryl methyl sites for hydroxylation is 1. The molecular formula is C15H22N4O4S. The molecule has 2 saturated heterocycles. The number of sulfonamides is 1. The van der Waals surface area contributed by atoms with Gasteiger partial charge in [0.1, 0.15) is 5.82 Å². The minimum atomic E-state index is -3.30. The summed E-state index contributed by atoms with van der Waals surface area (Å²) in [6.45, 7) is 3.15. The number of aliphatic hydroxyl groups is 1. The molecule has 24 heavy (non-hydrogen) atoms. The van der Waals surface area contributed by atoms with Crippen LogP contribution in [0.2, 0.25) is 0 Å². The van der Waals surface area contributed by atoms with E-state index in [2.05, 4.69) is 9.97 Å². The molecule has 1 aromatic rings. The third kappa shape index (κ3) is 3.03. The van der Waals surface area contributed by atoms with Crippen LogP contribution in [-0.2, 0) is 10.0 Å². The van der Waals surface area contributed by atoms with Crippen molar-refractivity contribution in [1.82, 2.24) is 19.2 Å². The SMILES string of the molecule is Cc1ncc(C(=O)N2CCC3CN(S(C)(=O)=O)CC3(CO)C2)cn1.